The van der Waals surface area contributed by atoms with Crippen molar-refractivity contribution in [3.05, 3.63) is 52.3 Å². The van der Waals surface area contributed by atoms with E-state index in [2.05, 4.69) is 24.6 Å². The number of aromatic amines is 1. The molecule has 1 aromatic carbocycles. The number of hydrogen-bond donors (Lipinski definition) is 1. The van der Waals surface area contributed by atoms with E-state index >= 15 is 0 Å². The number of benzene rings is 1. The predicted molar refractivity (Wildman–Crippen MR) is 73.1 cm³/mol. The fourth-order valence-electron chi connectivity index (χ4n) is 2.03. The van der Waals surface area contributed by atoms with Gasteiger partial charge in [0.1, 0.15) is 11.5 Å². The van der Waals surface area contributed by atoms with Crippen molar-refractivity contribution in [3.63, 3.8) is 0 Å². The molecule has 100 valence electrons. The molecule has 0 amide bonds. The number of aromatic nitrogens is 4. The maximum Gasteiger partial charge on any atom is 0.460 e. The quantitative estimate of drug-likeness (QED) is 0.769. The van der Waals surface area contributed by atoms with Crippen molar-refractivity contribution in [1.29, 1.82) is 0 Å². The highest BCUT2D eigenvalue weighted by Crippen LogP contribution is 2.24. The van der Waals surface area contributed by atoms with Crippen LogP contribution in [0.1, 0.15) is 11.4 Å². The summed E-state index contributed by atoms with van der Waals surface area (Å²) in [5, 5.41) is 2.45. The molecular weight excluding hydrogens is 256 g/mol. The van der Waals surface area contributed by atoms with Gasteiger partial charge in [-0.05, 0) is 25.5 Å². The third-order valence-electron chi connectivity index (χ3n) is 2.94. The molecule has 20 heavy (non-hydrogen) atoms. The van der Waals surface area contributed by atoms with Crippen molar-refractivity contribution in [2.75, 3.05) is 0 Å². The summed E-state index contributed by atoms with van der Waals surface area (Å²) >= 11 is 0. The molecule has 6 heteroatoms. The van der Waals surface area contributed by atoms with E-state index < -0.39 is 5.76 Å². The maximum absolute atomic E-state index is 11.0. The van der Waals surface area contributed by atoms with Gasteiger partial charge in [-0.3, -0.25) is 0 Å². The minimum absolute atomic E-state index is 0.301. The molecule has 3 rings (SSSR count). The first-order valence-electron chi connectivity index (χ1n) is 6.11. The van der Waals surface area contributed by atoms with E-state index in [0.717, 1.165) is 16.8 Å². The monoisotopic (exact) mass is 268 g/mol. The van der Waals surface area contributed by atoms with Gasteiger partial charge in [-0.15, -0.1) is 0 Å². The second kappa shape index (κ2) is 4.73. The number of H-pyrrole nitrogens is 1. The van der Waals surface area contributed by atoms with Gasteiger partial charge < -0.3 is 4.52 Å². The smallest absolute Gasteiger partial charge is 0.321 e. The Bertz CT molecular complexity index is 820. The summed E-state index contributed by atoms with van der Waals surface area (Å²) in [4.78, 5) is 23.4. The van der Waals surface area contributed by atoms with Crippen LogP contribution in [0.3, 0.4) is 0 Å². The molecule has 0 saturated heterocycles. The first kappa shape index (κ1) is 12.3. The Labute approximate surface area is 114 Å². The van der Waals surface area contributed by atoms with E-state index in [9.17, 15) is 4.79 Å². The number of aryl methyl sites for hydroxylation is 2. The van der Waals surface area contributed by atoms with Gasteiger partial charge in [-0.25, -0.2) is 14.8 Å². The number of nitrogens with zero attached hydrogens (tertiary/aromatic N) is 3. The van der Waals surface area contributed by atoms with Crippen molar-refractivity contribution in [3.8, 4) is 22.8 Å². The van der Waals surface area contributed by atoms with Crippen molar-refractivity contribution in [2.45, 2.75) is 13.8 Å². The molecule has 0 atom stereocenters. The van der Waals surface area contributed by atoms with Crippen LogP contribution in [0.15, 0.2) is 39.6 Å². The highest BCUT2D eigenvalue weighted by atomic mass is 16.5. The van der Waals surface area contributed by atoms with Gasteiger partial charge in [0.15, 0.2) is 5.82 Å². The molecule has 0 saturated carbocycles. The summed E-state index contributed by atoms with van der Waals surface area (Å²) < 4.78 is 4.58. The molecule has 6 nitrogen and oxygen atoms in total. The van der Waals surface area contributed by atoms with E-state index in [4.69, 9.17) is 0 Å². The molecule has 0 fully saturated rings. The lowest BCUT2D eigenvalue weighted by Gasteiger charge is -2.07. The molecule has 0 spiro atoms. The van der Waals surface area contributed by atoms with Crippen LogP contribution in [-0.2, 0) is 0 Å². The highest BCUT2D eigenvalue weighted by Gasteiger charge is 2.11. The Morgan fingerprint density at radius 1 is 1.05 bits per heavy atom. The Morgan fingerprint density at radius 3 is 2.50 bits per heavy atom. The second-order valence-corrected chi connectivity index (χ2v) is 4.43. The molecule has 2 aromatic heterocycles. The summed E-state index contributed by atoms with van der Waals surface area (Å²) in [5.74, 6) is 0.230. The van der Waals surface area contributed by atoms with Crippen molar-refractivity contribution in [2.24, 2.45) is 0 Å². The van der Waals surface area contributed by atoms with Crippen LogP contribution in [0.2, 0.25) is 0 Å². The zero-order valence-corrected chi connectivity index (χ0v) is 11.0. The highest BCUT2D eigenvalue weighted by molar-refractivity contribution is 5.67. The van der Waals surface area contributed by atoms with E-state index in [1.54, 1.807) is 13.0 Å². The SMILES string of the molecule is Cc1nc(-c2nc(=O)o[nH]2)cc(-c2ccccc2C)n1. The van der Waals surface area contributed by atoms with Crippen molar-refractivity contribution in [1.82, 2.24) is 20.1 Å². The van der Waals surface area contributed by atoms with E-state index in [1.807, 2.05) is 31.2 Å². The minimum Gasteiger partial charge on any atom is -0.321 e. The van der Waals surface area contributed by atoms with Gasteiger partial charge in [-0.1, -0.05) is 24.3 Å². The summed E-state index contributed by atoms with van der Waals surface area (Å²) in [7, 11) is 0. The summed E-state index contributed by atoms with van der Waals surface area (Å²) in [6.45, 7) is 3.81. The number of nitrogens with one attached hydrogen (secondary N) is 1. The van der Waals surface area contributed by atoms with Crippen LogP contribution < -0.4 is 5.76 Å². The van der Waals surface area contributed by atoms with E-state index in [1.165, 1.54) is 0 Å². The van der Waals surface area contributed by atoms with Crippen LogP contribution in [0.25, 0.3) is 22.8 Å². The average Bonchev–Trinajstić information content (AvgIpc) is 2.85. The van der Waals surface area contributed by atoms with Crippen LogP contribution >= 0.6 is 0 Å². The predicted octanol–water partition coefficient (Wildman–Crippen LogP) is 2.10. The number of rotatable bonds is 2. The lowest BCUT2D eigenvalue weighted by Crippen LogP contribution is -1.99. The molecule has 0 aliphatic heterocycles. The Kier molecular flexibility index (Phi) is 2.90. The molecule has 0 aliphatic carbocycles. The fourth-order valence-corrected chi connectivity index (χ4v) is 2.03. The molecule has 0 unspecified atom stereocenters. The zero-order valence-electron chi connectivity index (χ0n) is 11.0. The maximum atomic E-state index is 11.0. The molecule has 0 aliphatic rings. The Morgan fingerprint density at radius 2 is 1.80 bits per heavy atom. The lowest BCUT2D eigenvalue weighted by atomic mass is 10.1. The first-order chi connectivity index (χ1) is 9.63. The fraction of sp³-hybridized carbons (Fsp3) is 0.143. The van der Waals surface area contributed by atoms with E-state index in [0.29, 0.717) is 17.3 Å². The van der Waals surface area contributed by atoms with Crippen LogP contribution in [0.5, 0.6) is 0 Å². The Hall–Kier alpha value is -2.76. The Balaban J connectivity index is 2.17. The van der Waals surface area contributed by atoms with Gasteiger partial charge in [0, 0.05) is 5.56 Å². The summed E-state index contributed by atoms with van der Waals surface area (Å²) in [6.07, 6.45) is 0. The molecule has 2 heterocycles. The third-order valence-corrected chi connectivity index (χ3v) is 2.94. The van der Waals surface area contributed by atoms with Crippen LogP contribution in [-0.4, -0.2) is 20.1 Å². The van der Waals surface area contributed by atoms with Gasteiger partial charge in [-0.2, -0.15) is 10.1 Å². The minimum atomic E-state index is -0.672. The van der Waals surface area contributed by atoms with Crippen LogP contribution in [0.4, 0.5) is 0 Å². The van der Waals surface area contributed by atoms with Gasteiger partial charge in [0.2, 0.25) is 0 Å². The first-order valence-corrected chi connectivity index (χ1v) is 6.11. The lowest BCUT2D eigenvalue weighted by molar-refractivity contribution is 0.387. The molecule has 0 bridgehead atoms. The third kappa shape index (κ3) is 2.23. The molecule has 1 N–H and O–H groups in total. The van der Waals surface area contributed by atoms with Gasteiger partial charge >= 0.3 is 5.76 Å². The largest absolute Gasteiger partial charge is 0.460 e. The zero-order chi connectivity index (χ0) is 14.1. The second-order valence-electron chi connectivity index (χ2n) is 4.43. The average molecular weight is 268 g/mol. The topological polar surface area (TPSA) is 84.7 Å². The van der Waals surface area contributed by atoms with Gasteiger partial charge in [0.05, 0.1) is 5.69 Å². The van der Waals surface area contributed by atoms with Crippen LogP contribution in [0, 0.1) is 13.8 Å². The summed E-state index contributed by atoms with van der Waals surface area (Å²) in [5.41, 5.74) is 3.45. The van der Waals surface area contributed by atoms with E-state index in [-0.39, 0.29) is 0 Å². The molecular formula is C14H12N4O2. The molecule has 0 radical (unpaired) electrons. The van der Waals surface area contributed by atoms with Crippen molar-refractivity contribution >= 4 is 0 Å². The standard InChI is InChI=1S/C14H12N4O2/c1-8-5-3-4-6-10(8)11-7-12(16-9(2)15-11)13-17-14(19)20-18-13/h3-7H,1-2H3,(H,17,18,19). The molecule has 3 aromatic rings. The van der Waals surface area contributed by atoms with Gasteiger partial charge in [0.25, 0.3) is 0 Å². The summed E-state index contributed by atoms with van der Waals surface area (Å²) in [6, 6.07) is 9.72. The normalized spacial score (nSPS) is 10.7. The number of hydrogen-bond acceptors (Lipinski definition) is 5. The van der Waals surface area contributed by atoms with Crippen molar-refractivity contribution < 1.29 is 4.52 Å².